The largest absolute Gasteiger partial charge is 0.326 e. The molecule has 7 heteroatoms. The first kappa shape index (κ1) is 16.5. The molecule has 0 aliphatic rings. The van der Waals surface area contributed by atoms with E-state index < -0.39 is 5.82 Å². The van der Waals surface area contributed by atoms with Crippen molar-refractivity contribution in [3.05, 3.63) is 76.5 Å². The Hall–Kier alpha value is -2.37. The summed E-state index contributed by atoms with van der Waals surface area (Å²) in [7, 11) is 0. The van der Waals surface area contributed by atoms with Crippen LogP contribution < -0.4 is 5.32 Å². The monoisotopic (exact) mass is 363 g/mol. The van der Waals surface area contributed by atoms with Crippen LogP contribution in [0.4, 0.5) is 10.1 Å². The number of halogens is 3. The Morgan fingerprint density at radius 1 is 1.17 bits per heavy atom. The van der Waals surface area contributed by atoms with Crippen LogP contribution in [-0.2, 0) is 11.2 Å². The number of carbonyl (C=O) groups excluding carboxylic acids is 1. The molecule has 2 aromatic carbocycles. The summed E-state index contributed by atoms with van der Waals surface area (Å²) >= 11 is 11.8. The van der Waals surface area contributed by atoms with Crippen LogP contribution in [0.15, 0.2) is 55.1 Å². The second-order valence-corrected chi connectivity index (χ2v) is 5.92. The van der Waals surface area contributed by atoms with Gasteiger partial charge in [-0.2, -0.15) is 0 Å². The van der Waals surface area contributed by atoms with E-state index in [1.807, 2.05) is 0 Å². The van der Waals surface area contributed by atoms with Crippen molar-refractivity contribution in [1.29, 1.82) is 0 Å². The zero-order chi connectivity index (χ0) is 17.1. The van der Waals surface area contributed by atoms with Gasteiger partial charge in [-0.05, 0) is 35.9 Å². The summed E-state index contributed by atoms with van der Waals surface area (Å²) in [6.45, 7) is 0. The third-order valence-electron chi connectivity index (χ3n) is 3.36. The van der Waals surface area contributed by atoms with E-state index in [4.69, 9.17) is 23.2 Å². The summed E-state index contributed by atoms with van der Waals surface area (Å²) < 4.78 is 15.7. The zero-order valence-corrected chi connectivity index (χ0v) is 13.9. The highest BCUT2D eigenvalue weighted by Gasteiger charge is 2.09. The zero-order valence-electron chi connectivity index (χ0n) is 12.3. The van der Waals surface area contributed by atoms with E-state index in [2.05, 4.69) is 10.3 Å². The van der Waals surface area contributed by atoms with Crippen molar-refractivity contribution >= 4 is 34.8 Å². The number of nitrogens with zero attached hydrogens (tertiary/aromatic N) is 2. The lowest BCUT2D eigenvalue weighted by molar-refractivity contribution is -0.115. The molecular formula is C17H12Cl2FN3O. The first-order valence-electron chi connectivity index (χ1n) is 7.04. The van der Waals surface area contributed by atoms with Gasteiger partial charge in [-0.15, -0.1) is 0 Å². The lowest BCUT2D eigenvalue weighted by Crippen LogP contribution is -2.14. The standard InChI is InChI=1S/C17H12Cl2FN3O/c18-13-3-1-11(7-14(13)19)8-17(24)22-12-2-4-16(15(20)9-12)23-6-5-21-10-23/h1-7,9-10H,8H2,(H,22,24). The Labute approximate surface area is 147 Å². The van der Waals surface area contributed by atoms with Crippen LogP contribution in [0.3, 0.4) is 0 Å². The van der Waals surface area contributed by atoms with E-state index in [1.165, 1.54) is 12.4 Å². The number of benzene rings is 2. The van der Waals surface area contributed by atoms with Gasteiger partial charge in [-0.3, -0.25) is 4.79 Å². The van der Waals surface area contributed by atoms with Crippen LogP contribution >= 0.6 is 23.2 Å². The van der Waals surface area contributed by atoms with Crippen LogP contribution in [0.5, 0.6) is 0 Å². The molecule has 1 heterocycles. The minimum absolute atomic E-state index is 0.113. The molecule has 4 nitrogen and oxygen atoms in total. The summed E-state index contributed by atoms with van der Waals surface area (Å²) in [5.41, 5.74) is 1.45. The SMILES string of the molecule is O=C(Cc1ccc(Cl)c(Cl)c1)Nc1ccc(-n2ccnc2)c(F)c1. The number of imidazole rings is 1. The predicted octanol–water partition coefficient (Wildman–Crippen LogP) is 4.50. The molecule has 1 aromatic heterocycles. The van der Waals surface area contributed by atoms with Crippen LogP contribution in [0.25, 0.3) is 5.69 Å². The fourth-order valence-electron chi connectivity index (χ4n) is 2.24. The van der Waals surface area contributed by atoms with E-state index in [-0.39, 0.29) is 12.3 Å². The Balaban J connectivity index is 1.70. The molecule has 0 radical (unpaired) electrons. The molecule has 3 rings (SSSR count). The van der Waals surface area contributed by atoms with E-state index in [9.17, 15) is 9.18 Å². The quantitative estimate of drug-likeness (QED) is 0.741. The fraction of sp³-hybridized carbons (Fsp3) is 0.0588. The molecule has 0 unspecified atom stereocenters. The summed E-state index contributed by atoms with van der Waals surface area (Å²) in [5, 5.41) is 3.47. The first-order valence-corrected chi connectivity index (χ1v) is 7.80. The molecule has 3 aromatic rings. The molecule has 0 saturated carbocycles. The van der Waals surface area contributed by atoms with Gasteiger partial charge < -0.3 is 9.88 Å². The topological polar surface area (TPSA) is 46.9 Å². The fourth-order valence-corrected chi connectivity index (χ4v) is 2.56. The molecule has 24 heavy (non-hydrogen) atoms. The molecule has 0 saturated heterocycles. The van der Waals surface area contributed by atoms with Gasteiger partial charge in [0.25, 0.3) is 0 Å². The van der Waals surface area contributed by atoms with Gasteiger partial charge >= 0.3 is 0 Å². The number of amides is 1. The maximum absolute atomic E-state index is 14.2. The predicted molar refractivity (Wildman–Crippen MR) is 92.3 cm³/mol. The lowest BCUT2D eigenvalue weighted by Gasteiger charge is -2.09. The minimum atomic E-state index is -0.458. The van der Waals surface area contributed by atoms with Crippen molar-refractivity contribution in [2.45, 2.75) is 6.42 Å². The van der Waals surface area contributed by atoms with Gasteiger partial charge in [0, 0.05) is 18.1 Å². The average Bonchev–Trinajstić information content (AvgIpc) is 3.05. The van der Waals surface area contributed by atoms with E-state index in [0.29, 0.717) is 21.4 Å². The maximum Gasteiger partial charge on any atom is 0.228 e. The number of carbonyl (C=O) groups is 1. The number of anilines is 1. The van der Waals surface area contributed by atoms with E-state index >= 15 is 0 Å². The van der Waals surface area contributed by atoms with Crippen molar-refractivity contribution in [2.24, 2.45) is 0 Å². The Bertz CT molecular complexity index is 882. The average molecular weight is 364 g/mol. The number of hydrogen-bond acceptors (Lipinski definition) is 2. The van der Waals surface area contributed by atoms with Crippen molar-refractivity contribution < 1.29 is 9.18 Å². The number of aromatic nitrogens is 2. The van der Waals surface area contributed by atoms with Crippen molar-refractivity contribution in [3.8, 4) is 5.69 Å². The van der Waals surface area contributed by atoms with Gasteiger partial charge in [0.2, 0.25) is 5.91 Å². The van der Waals surface area contributed by atoms with Crippen molar-refractivity contribution in [2.75, 3.05) is 5.32 Å². The summed E-state index contributed by atoms with van der Waals surface area (Å²) in [5.74, 6) is -0.733. The van der Waals surface area contributed by atoms with Crippen LogP contribution in [0, 0.1) is 5.82 Å². The van der Waals surface area contributed by atoms with Crippen molar-refractivity contribution in [3.63, 3.8) is 0 Å². The number of nitrogens with one attached hydrogen (secondary N) is 1. The highest BCUT2D eigenvalue weighted by Crippen LogP contribution is 2.23. The first-order chi connectivity index (χ1) is 11.5. The summed E-state index contributed by atoms with van der Waals surface area (Å²) in [6.07, 6.45) is 4.82. The van der Waals surface area contributed by atoms with Gasteiger partial charge in [0.1, 0.15) is 5.82 Å². The Kier molecular flexibility index (Phi) is 4.83. The normalized spacial score (nSPS) is 10.6. The molecule has 1 amide bonds. The molecule has 122 valence electrons. The van der Waals surface area contributed by atoms with Gasteiger partial charge in [0.15, 0.2) is 0 Å². The molecule has 1 N–H and O–H groups in total. The van der Waals surface area contributed by atoms with Gasteiger partial charge in [0.05, 0.1) is 28.5 Å². The highest BCUT2D eigenvalue weighted by atomic mass is 35.5. The van der Waals surface area contributed by atoms with Gasteiger partial charge in [-0.1, -0.05) is 29.3 Å². The van der Waals surface area contributed by atoms with Crippen LogP contribution in [0.2, 0.25) is 10.0 Å². The minimum Gasteiger partial charge on any atom is -0.326 e. The van der Waals surface area contributed by atoms with E-state index in [1.54, 1.807) is 47.3 Å². The molecular weight excluding hydrogens is 352 g/mol. The Morgan fingerprint density at radius 2 is 2.00 bits per heavy atom. The molecule has 0 fully saturated rings. The Morgan fingerprint density at radius 3 is 2.67 bits per heavy atom. The molecule has 0 spiro atoms. The molecule has 0 atom stereocenters. The van der Waals surface area contributed by atoms with Crippen LogP contribution in [-0.4, -0.2) is 15.5 Å². The summed E-state index contributed by atoms with van der Waals surface area (Å²) in [4.78, 5) is 16.0. The molecule has 0 aliphatic carbocycles. The number of hydrogen-bond donors (Lipinski definition) is 1. The lowest BCUT2D eigenvalue weighted by atomic mass is 10.1. The number of rotatable bonds is 4. The van der Waals surface area contributed by atoms with E-state index in [0.717, 1.165) is 5.56 Å². The second kappa shape index (κ2) is 7.03. The van der Waals surface area contributed by atoms with Gasteiger partial charge in [-0.25, -0.2) is 9.37 Å². The van der Waals surface area contributed by atoms with Crippen molar-refractivity contribution in [1.82, 2.24) is 9.55 Å². The molecule has 0 bridgehead atoms. The molecule has 0 aliphatic heterocycles. The highest BCUT2D eigenvalue weighted by molar-refractivity contribution is 6.42. The van der Waals surface area contributed by atoms with Crippen LogP contribution in [0.1, 0.15) is 5.56 Å². The summed E-state index contributed by atoms with van der Waals surface area (Å²) in [6, 6.07) is 9.45. The smallest absolute Gasteiger partial charge is 0.228 e. The third-order valence-corrected chi connectivity index (χ3v) is 4.10. The second-order valence-electron chi connectivity index (χ2n) is 5.11. The maximum atomic E-state index is 14.2. The third kappa shape index (κ3) is 3.75.